The number of nitrogens with zero attached hydrogens (tertiary/aromatic N) is 3. The summed E-state index contributed by atoms with van der Waals surface area (Å²) < 4.78 is 87.1. The van der Waals surface area contributed by atoms with Crippen LogP contribution in [0.15, 0.2) is 72.0 Å². The van der Waals surface area contributed by atoms with E-state index in [0.29, 0.717) is 23.6 Å². The van der Waals surface area contributed by atoms with Crippen LogP contribution in [0.5, 0.6) is 5.75 Å². The van der Waals surface area contributed by atoms with Crippen molar-refractivity contribution in [2.75, 3.05) is 11.6 Å². The second-order valence-electron chi connectivity index (χ2n) is 8.21. The number of hydrogen-bond acceptors (Lipinski definition) is 5. The standard InChI is InChI=1S/C25H20ClF6N3O2/c1-2-37-17-7-5-6-15(12-17)19-11-10-16(14-33-19)21-13-22(23(36,24(27,28)29)25(30,31)32)34-35(21)20-9-4-3-8-18(20)26/h3-12,14,21,36H,2,13H2,1H3. The molecule has 1 atom stereocenters. The van der Waals surface area contributed by atoms with E-state index in [-0.39, 0.29) is 16.3 Å². The molecule has 1 aliphatic rings. The summed E-state index contributed by atoms with van der Waals surface area (Å²) in [6.07, 6.45) is -11.6. The smallest absolute Gasteiger partial charge is 0.431 e. The summed E-state index contributed by atoms with van der Waals surface area (Å²) >= 11 is 6.20. The summed E-state index contributed by atoms with van der Waals surface area (Å²) in [6.45, 7) is 2.29. The number of benzene rings is 2. The maximum atomic E-state index is 13.6. The van der Waals surface area contributed by atoms with Gasteiger partial charge in [-0.3, -0.25) is 9.99 Å². The van der Waals surface area contributed by atoms with E-state index in [1.54, 1.807) is 36.4 Å². The Morgan fingerprint density at radius 2 is 1.70 bits per heavy atom. The predicted octanol–water partition coefficient (Wildman–Crippen LogP) is 6.96. The highest BCUT2D eigenvalue weighted by atomic mass is 35.5. The minimum absolute atomic E-state index is 0.0531. The first kappa shape index (κ1) is 26.7. The number of ether oxygens (including phenoxy) is 1. The average molecular weight is 544 g/mol. The largest absolute Gasteiger partial charge is 0.494 e. The van der Waals surface area contributed by atoms with Gasteiger partial charge in [0.15, 0.2) is 0 Å². The molecule has 0 saturated heterocycles. The third kappa shape index (κ3) is 4.97. The van der Waals surface area contributed by atoms with Gasteiger partial charge in [0, 0.05) is 18.2 Å². The van der Waals surface area contributed by atoms with Gasteiger partial charge in [-0.15, -0.1) is 0 Å². The van der Waals surface area contributed by atoms with Crippen molar-refractivity contribution in [2.45, 2.75) is 37.3 Å². The van der Waals surface area contributed by atoms with Gasteiger partial charge in [0.2, 0.25) is 0 Å². The molecule has 0 spiro atoms. The molecule has 5 nitrogen and oxygen atoms in total. The lowest BCUT2D eigenvalue weighted by molar-refractivity contribution is -0.338. The molecule has 1 unspecified atom stereocenters. The number of anilines is 1. The SMILES string of the molecule is CCOc1cccc(-c2ccc(C3CC(C(O)(C(F)(F)F)C(F)(F)F)=NN3c3ccccc3Cl)cn2)c1. The van der Waals surface area contributed by atoms with Crippen molar-refractivity contribution in [3.05, 3.63) is 77.4 Å². The third-order valence-corrected chi connectivity index (χ3v) is 6.18. The summed E-state index contributed by atoms with van der Waals surface area (Å²) in [5.41, 5.74) is -5.07. The molecule has 1 aromatic heterocycles. The molecule has 3 aromatic rings. The second kappa shape index (κ2) is 9.86. The van der Waals surface area contributed by atoms with Crippen LogP contribution in [0.4, 0.5) is 32.0 Å². The van der Waals surface area contributed by atoms with Crippen molar-refractivity contribution in [1.29, 1.82) is 0 Å². The highest BCUT2D eigenvalue weighted by molar-refractivity contribution is 6.33. The van der Waals surface area contributed by atoms with Gasteiger partial charge in [0.05, 0.1) is 34.8 Å². The van der Waals surface area contributed by atoms with Gasteiger partial charge in [0.1, 0.15) is 5.75 Å². The molecule has 0 aliphatic carbocycles. The predicted molar refractivity (Wildman–Crippen MR) is 127 cm³/mol. The van der Waals surface area contributed by atoms with Gasteiger partial charge in [-0.05, 0) is 42.8 Å². The molecule has 0 bridgehead atoms. The zero-order valence-corrected chi connectivity index (χ0v) is 19.9. The normalized spacial score (nSPS) is 16.6. The number of hydrogen-bond donors (Lipinski definition) is 1. The number of para-hydroxylation sites is 1. The van der Waals surface area contributed by atoms with Crippen LogP contribution in [-0.4, -0.2) is 40.4 Å². The van der Waals surface area contributed by atoms with E-state index in [4.69, 9.17) is 16.3 Å². The van der Waals surface area contributed by atoms with Crippen molar-refractivity contribution < 1.29 is 36.2 Å². The van der Waals surface area contributed by atoms with E-state index in [1.807, 2.05) is 6.92 Å². The van der Waals surface area contributed by atoms with Crippen LogP contribution in [0.1, 0.15) is 24.9 Å². The fourth-order valence-corrected chi connectivity index (χ4v) is 4.24. The molecule has 37 heavy (non-hydrogen) atoms. The molecular weight excluding hydrogens is 524 g/mol. The zero-order valence-electron chi connectivity index (χ0n) is 19.2. The topological polar surface area (TPSA) is 58.0 Å². The number of halogens is 7. The first-order valence-corrected chi connectivity index (χ1v) is 11.4. The molecular formula is C25H20ClF6N3O2. The van der Waals surface area contributed by atoms with Gasteiger partial charge in [-0.1, -0.05) is 41.9 Å². The highest BCUT2D eigenvalue weighted by Crippen LogP contribution is 2.49. The Morgan fingerprint density at radius 3 is 2.30 bits per heavy atom. The van der Waals surface area contributed by atoms with Gasteiger partial charge in [-0.2, -0.15) is 31.4 Å². The number of aromatic nitrogens is 1. The van der Waals surface area contributed by atoms with Crippen LogP contribution in [-0.2, 0) is 0 Å². The maximum Gasteiger partial charge on any atom is 0.431 e. The number of pyridine rings is 1. The molecule has 1 aliphatic heterocycles. The van der Waals surface area contributed by atoms with Crippen molar-refractivity contribution in [2.24, 2.45) is 5.10 Å². The number of aliphatic hydroxyl groups is 1. The Morgan fingerprint density at radius 1 is 1.00 bits per heavy atom. The van der Waals surface area contributed by atoms with E-state index in [1.165, 1.54) is 30.5 Å². The summed E-state index contributed by atoms with van der Waals surface area (Å²) in [6, 6.07) is 14.9. The lowest BCUT2D eigenvalue weighted by atomic mass is 9.90. The first-order chi connectivity index (χ1) is 17.4. The molecule has 2 aromatic carbocycles. The molecule has 4 rings (SSSR count). The quantitative estimate of drug-likeness (QED) is 0.341. The fraction of sp³-hybridized carbons (Fsp3) is 0.280. The average Bonchev–Trinajstić information content (AvgIpc) is 3.28. The monoisotopic (exact) mass is 543 g/mol. The number of alkyl halides is 6. The van der Waals surface area contributed by atoms with E-state index >= 15 is 0 Å². The molecule has 0 saturated carbocycles. The van der Waals surface area contributed by atoms with E-state index in [9.17, 15) is 31.4 Å². The van der Waals surface area contributed by atoms with E-state index < -0.39 is 36.1 Å². The third-order valence-electron chi connectivity index (χ3n) is 5.86. The van der Waals surface area contributed by atoms with Crippen LogP contribution in [0, 0.1) is 0 Å². The van der Waals surface area contributed by atoms with Crippen LogP contribution in [0.2, 0.25) is 5.02 Å². The van der Waals surface area contributed by atoms with Crippen molar-refractivity contribution in [3.63, 3.8) is 0 Å². The summed E-state index contributed by atoms with van der Waals surface area (Å²) in [5, 5.41) is 14.6. The Kier molecular flexibility index (Phi) is 7.13. The van der Waals surface area contributed by atoms with Gasteiger partial charge < -0.3 is 9.84 Å². The van der Waals surface area contributed by atoms with Crippen LogP contribution in [0.25, 0.3) is 11.3 Å². The van der Waals surface area contributed by atoms with E-state index in [0.717, 1.165) is 5.01 Å². The first-order valence-electron chi connectivity index (χ1n) is 11.0. The molecule has 196 valence electrons. The Bertz CT molecular complexity index is 1280. The van der Waals surface area contributed by atoms with Crippen molar-refractivity contribution in [3.8, 4) is 17.0 Å². The highest BCUT2D eigenvalue weighted by Gasteiger charge is 2.74. The lowest BCUT2D eigenvalue weighted by Crippen LogP contribution is -2.62. The summed E-state index contributed by atoms with van der Waals surface area (Å²) in [5.74, 6) is 0.614. The molecule has 2 heterocycles. The Balaban J connectivity index is 1.75. The Hall–Kier alpha value is -3.31. The van der Waals surface area contributed by atoms with Gasteiger partial charge in [-0.25, -0.2) is 0 Å². The zero-order chi connectivity index (χ0) is 27.0. The van der Waals surface area contributed by atoms with Gasteiger partial charge >= 0.3 is 12.4 Å². The summed E-state index contributed by atoms with van der Waals surface area (Å²) in [4.78, 5) is 4.36. The van der Waals surface area contributed by atoms with Crippen LogP contribution in [0.3, 0.4) is 0 Å². The molecule has 0 fully saturated rings. The van der Waals surface area contributed by atoms with Crippen molar-refractivity contribution in [1.82, 2.24) is 4.98 Å². The molecule has 0 amide bonds. The number of rotatable bonds is 6. The maximum absolute atomic E-state index is 13.6. The van der Waals surface area contributed by atoms with Gasteiger partial charge in [0.25, 0.3) is 5.60 Å². The second-order valence-corrected chi connectivity index (χ2v) is 8.61. The molecule has 0 radical (unpaired) electrons. The van der Waals surface area contributed by atoms with E-state index in [2.05, 4.69) is 10.1 Å². The van der Waals surface area contributed by atoms with Crippen LogP contribution >= 0.6 is 11.6 Å². The minimum Gasteiger partial charge on any atom is -0.494 e. The molecule has 12 heteroatoms. The minimum atomic E-state index is -6.06. The van der Waals surface area contributed by atoms with Crippen LogP contribution < -0.4 is 9.75 Å². The molecule has 1 N–H and O–H groups in total. The summed E-state index contributed by atoms with van der Waals surface area (Å²) in [7, 11) is 0. The Labute approximate surface area is 213 Å². The van der Waals surface area contributed by atoms with Crippen molar-refractivity contribution >= 4 is 23.0 Å². The fourth-order valence-electron chi connectivity index (χ4n) is 4.02. The number of hydrazone groups is 1. The lowest BCUT2D eigenvalue weighted by Gasteiger charge is -2.32.